The zero-order valence-electron chi connectivity index (χ0n) is 9.39. The van der Waals surface area contributed by atoms with E-state index in [0.717, 1.165) is 11.0 Å². The van der Waals surface area contributed by atoms with Gasteiger partial charge < -0.3 is 10.6 Å². The fourth-order valence-electron chi connectivity index (χ4n) is 1.92. The van der Waals surface area contributed by atoms with E-state index in [-0.39, 0.29) is 30.1 Å². The van der Waals surface area contributed by atoms with Gasteiger partial charge in [0.05, 0.1) is 23.2 Å². The van der Waals surface area contributed by atoms with Crippen LogP contribution in [0.2, 0.25) is 0 Å². The number of nitrogens with two attached hydrogens (primary N) is 1. The van der Waals surface area contributed by atoms with Crippen molar-refractivity contribution in [1.82, 2.24) is 0 Å². The van der Waals surface area contributed by atoms with Crippen molar-refractivity contribution in [3.63, 3.8) is 0 Å². The minimum Gasteiger partial charge on any atom is -0.369 e. The summed E-state index contributed by atoms with van der Waals surface area (Å²) in [6.45, 7) is 0.0555. The summed E-state index contributed by atoms with van der Waals surface area (Å²) in [7, 11) is 0. The fourth-order valence-corrected chi connectivity index (χ4v) is 1.92. The number of nitriles is 1. The molecule has 2 N–H and O–H groups in total. The fraction of sp³-hybridized carbons (Fsp3) is 0.250. The Kier molecular flexibility index (Phi) is 2.98. The van der Waals surface area contributed by atoms with Crippen LogP contribution in [-0.2, 0) is 9.59 Å². The molecule has 2 amide bonds. The van der Waals surface area contributed by atoms with Crippen molar-refractivity contribution in [2.75, 3.05) is 11.4 Å². The average molecular weight is 247 g/mol. The molecule has 0 radical (unpaired) electrons. The third-order valence-corrected chi connectivity index (χ3v) is 2.89. The average Bonchev–Trinajstić information content (AvgIpc) is 2.72. The van der Waals surface area contributed by atoms with Crippen LogP contribution in [-0.4, -0.2) is 18.4 Å². The Morgan fingerprint density at radius 1 is 1.56 bits per heavy atom. The van der Waals surface area contributed by atoms with Crippen LogP contribution in [0.4, 0.5) is 10.1 Å². The van der Waals surface area contributed by atoms with Crippen LogP contribution in [0.1, 0.15) is 12.0 Å². The molecule has 1 aromatic rings. The molecule has 1 heterocycles. The third-order valence-electron chi connectivity index (χ3n) is 2.89. The number of hydrogen-bond acceptors (Lipinski definition) is 3. The highest BCUT2D eigenvalue weighted by Crippen LogP contribution is 2.28. The predicted molar refractivity (Wildman–Crippen MR) is 60.8 cm³/mol. The second kappa shape index (κ2) is 4.45. The van der Waals surface area contributed by atoms with Gasteiger partial charge in [-0.05, 0) is 18.2 Å². The number of rotatable bonds is 2. The first-order chi connectivity index (χ1) is 8.52. The van der Waals surface area contributed by atoms with Gasteiger partial charge in [-0.3, -0.25) is 9.59 Å². The largest absolute Gasteiger partial charge is 0.369 e. The zero-order chi connectivity index (χ0) is 13.3. The zero-order valence-corrected chi connectivity index (χ0v) is 9.39. The molecular weight excluding hydrogens is 237 g/mol. The van der Waals surface area contributed by atoms with E-state index >= 15 is 0 Å². The topological polar surface area (TPSA) is 87.2 Å². The van der Waals surface area contributed by atoms with E-state index in [1.165, 1.54) is 12.1 Å². The molecule has 1 aliphatic heterocycles. The molecule has 0 bridgehead atoms. The summed E-state index contributed by atoms with van der Waals surface area (Å²) >= 11 is 0. The highest BCUT2D eigenvalue weighted by molar-refractivity contribution is 6.00. The number of benzene rings is 1. The normalized spacial score (nSPS) is 18.8. The number of primary amides is 1. The Morgan fingerprint density at radius 3 is 2.83 bits per heavy atom. The van der Waals surface area contributed by atoms with Crippen molar-refractivity contribution < 1.29 is 14.0 Å². The standard InChI is InChI=1S/C12H10FN3O2/c13-9-2-1-7(5-14)3-10(9)16-6-8(12(15)18)4-11(16)17/h1-3,8H,4,6H2,(H2,15,18). The second-order valence-corrected chi connectivity index (χ2v) is 4.09. The van der Waals surface area contributed by atoms with Crippen LogP contribution in [0.3, 0.4) is 0 Å². The van der Waals surface area contributed by atoms with E-state index < -0.39 is 17.6 Å². The quantitative estimate of drug-likeness (QED) is 0.827. The van der Waals surface area contributed by atoms with Gasteiger partial charge in [0.15, 0.2) is 0 Å². The van der Waals surface area contributed by atoms with Crippen LogP contribution >= 0.6 is 0 Å². The number of halogens is 1. The first kappa shape index (κ1) is 12.0. The van der Waals surface area contributed by atoms with E-state index in [0.29, 0.717) is 0 Å². The van der Waals surface area contributed by atoms with Gasteiger partial charge in [0.2, 0.25) is 11.8 Å². The number of anilines is 1. The molecule has 1 aromatic carbocycles. The lowest BCUT2D eigenvalue weighted by molar-refractivity contribution is -0.123. The maximum absolute atomic E-state index is 13.6. The van der Waals surface area contributed by atoms with Crippen molar-refractivity contribution >= 4 is 17.5 Å². The number of carbonyl (C=O) groups excluding carboxylic acids is 2. The monoisotopic (exact) mass is 247 g/mol. The van der Waals surface area contributed by atoms with Gasteiger partial charge in [-0.15, -0.1) is 0 Å². The van der Waals surface area contributed by atoms with Crippen LogP contribution in [0.5, 0.6) is 0 Å². The Hall–Kier alpha value is -2.42. The van der Waals surface area contributed by atoms with E-state index in [1.54, 1.807) is 0 Å². The van der Waals surface area contributed by atoms with E-state index in [9.17, 15) is 14.0 Å². The highest BCUT2D eigenvalue weighted by atomic mass is 19.1. The lowest BCUT2D eigenvalue weighted by atomic mass is 10.1. The number of amides is 2. The second-order valence-electron chi connectivity index (χ2n) is 4.09. The van der Waals surface area contributed by atoms with E-state index in [2.05, 4.69) is 0 Å². The molecule has 0 spiro atoms. The van der Waals surface area contributed by atoms with Gasteiger partial charge in [-0.1, -0.05) is 0 Å². The number of hydrogen-bond donors (Lipinski definition) is 1. The molecule has 92 valence electrons. The summed E-state index contributed by atoms with van der Waals surface area (Å²) in [6, 6.07) is 5.61. The SMILES string of the molecule is N#Cc1ccc(F)c(N2CC(C(N)=O)CC2=O)c1. The molecule has 6 heteroatoms. The number of nitrogens with zero attached hydrogens (tertiary/aromatic N) is 2. The van der Waals surface area contributed by atoms with Gasteiger partial charge in [0, 0.05) is 13.0 Å². The summed E-state index contributed by atoms with van der Waals surface area (Å²) in [6.07, 6.45) is -0.0223. The van der Waals surface area contributed by atoms with Crippen LogP contribution in [0, 0.1) is 23.1 Å². The van der Waals surface area contributed by atoms with Crippen molar-refractivity contribution in [1.29, 1.82) is 5.26 Å². The Bertz CT molecular complexity index is 565. The lowest BCUT2D eigenvalue weighted by Crippen LogP contribution is -2.29. The van der Waals surface area contributed by atoms with E-state index in [1.807, 2.05) is 6.07 Å². The summed E-state index contributed by atoms with van der Waals surface area (Å²) in [4.78, 5) is 23.9. The van der Waals surface area contributed by atoms with Crippen molar-refractivity contribution in [2.45, 2.75) is 6.42 Å². The molecule has 2 rings (SSSR count). The molecule has 0 aliphatic carbocycles. The first-order valence-electron chi connectivity index (χ1n) is 5.32. The van der Waals surface area contributed by atoms with Gasteiger partial charge in [-0.2, -0.15) is 5.26 Å². The van der Waals surface area contributed by atoms with Gasteiger partial charge >= 0.3 is 0 Å². The molecule has 18 heavy (non-hydrogen) atoms. The van der Waals surface area contributed by atoms with Crippen LogP contribution in [0.15, 0.2) is 18.2 Å². The Balaban J connectivity index is 2.35. The minimum absolute atomic E-state index is 0.0165. The van der Waals surface area contributed by atoms with E-state index in [4.69, 9.17) is 11.0 Å². The maximum Gasteiger partial charge on any atom is 0.227 e. The third kappa shape index (κ3) is 2.02. The Labute approximate surface area is 103 Å². The summed E-state index contributed by atoms with van der Waals surface area (Å²) in [5.41, 5.74) is 5.40. The van der Waals surface area contributed by atoms with Gasteiger partial charge in [0.1, 0.15) is 5.82 Å². The van der Waals surface area contributed by atoms with Gasteiger partial charge in [0.25, 0.3) is 0 Å². The first-order valence-corrected chi connectivity index (χ1v) is 5.32. The molecule has 1 saturated heterocycles. The summed E-state index contributed by atoms with van der Waals surface area (Å²) < 4.78 is 13.6. The molecule has 1 unspecified atom stereocenters. The van der Waals surface area contributed by atoms with Gasteiger partial charge in [-0.25, -0.2) is 4.39 Å². The molecule has 1 fully saturated rings. The van der Waals surface area contributed by atoms with Crippen molar-refractivity contribution in [3.05, 3.63) is 29.6 Å². The summed E-state index contributed by atoms with van der Waals surface area (Å²) in [5, 5.41) is 8.75. The van der Waals surface area contributed by atoms with Crippen LogP contribution < -0.4 is 10.6 Å². The molecule has 0 aromatic heterocycles. The highest BCUT2D eigenvalue weighted by Gasteiger charge is 2.35. The Morgan fingerprint density at radius 2 is 2.28 bits per heavy atom. The predicted octanol–water partition coefficient (Wildman–Crippen LogP) is 0.536. The van der Waals surface area contributed by atoms with Crippen molar-refractivity contribution in [2.24, 2.45) is 11.7 Å². The lowest BCUT2D eigenvalue weighted by Gasteiger charge is -2.17. The number of carbonyl (C=O) groups is 2. The molecule has 1 aliphatic rings. The van der Waals surface area contributed by atoms with Crippen molar-refractivity contribution in [3.8, 4) is 6.07 Å². The molecule has 5 nitrogen and oxygen atoms in total. The molecule has 1 atom stereocenters. The maximum atomic E-state index is 13.6. The summed E-state index contributed by atoms with van der Waals surface area (Å²) in [5.74, 6) is -2.16. The smallest absolute Gasteiger partial charge is 0.227 e. The molecular formula is C12H10FN3O2. The molecule has 0 saturated carbocycles. The van der Waals surface area contributed by atoms with Crippen LogP contribution in [0.25, 0.3) is 0 Å². The minimum atomic E-state index is -0.609.